The van der Waals surface area contributed by atoms with Gasteiger partial charge >= 0.3 is 0 Å². The van der Waals surface area contributed by atoms with Crippen LogP contribution < -0.4 is 5.32 Å². The molecule has 1 aromatic rings. The molecule has 1 fully saturated rings. The average Bonchev–Trinajstić information content (AvgIpc) is 2.64. The number of nitrogens with zero attached hydrogens (tertiary/aromatic N) is 1. The molecule has 0 aromatic carbocycles. The van der Waals surface area contributed by atoms with Crippen LogP contribution in [-0.4, -0.2) is 36.5 Å². The number of carbonyl (C=O) groups excluding carboxylic acids is 1. The second kappa shape index (κ2) is 5.29. The zero-order valence-electron chi connectivity index (χ0n) is 9.20. The van der Waals surface area contributed by atoms with Gasteiger partial charge in [-0.25, -0.2) is 0 Å². The van der Waals surface area contributed by atoms with Crippen molar-refractivity contribution in [1.82, 2.24) is 10.2 Å². The molecule has 1 unspecified atom stereocenters. The van der Waals surface area contributed by atoms with Crippen molar-refractivity contribution < 1.29 is 4.79 Å². The van der Waals surface area contributed by atoms with Crippen LogP contribution in [0.2, 0.25) is 0 Å². The number of nitrogens with one attached hydrogen (secondary N) is 1. The van der Waals surface area contributed by atoms with E-state index in [1.54, 1.807) is 11.3 Å². The fourth-order valence-corrected chi connectivity index (χ4v) is 3.31. The lowest BCUT2D eigenvalue weighted by Gasteiger charge is -2.31. The topological polar surface area (TPSA) is 32.3 Å². The molecule has 1 saturated heterocycles. The van der Waals surface area contributed by atoms with Gasteiger partial charge in [0.1, 0.15) is 0 Å². The van der Waals surface area contributed by atoms with E-state index < -0.39 is 0 Å². The molecular weight excluding hydrogens is 288 g/mol. The zero-order valence-corrected chi connectivity index (χ0v) is 11.6. The number of halogens is 1. The number of piperazine rings is 1. The first-order valence-electron chi connectivity index (χ1n) is 5.39. The third-order valence-corrected chi connectivity index (χ3v) is 4.37. The van der Waals surface area contributed by atoms with Crippen LogP contribution in [0.15, 0.2) is 15.9 Å². The Morgan fingerprint density at radius 3 is 3.19 bits per heavy atom. The number of carbonyl (C=O) groups is 1. The lowest BCUT2D eigenvalue weighted by atomic mass is 10.2. The predicted octanol–water partition coefficient (Wildman–Crippen LogP) is 1.87. The third kappa shape index (κ3) is 3.06. The molecule has 1 atom stereocenters. The fraction of sp³-hybridized carbons (Fsp3) is 0.545. The van der Waals surface area contributed by atoms with Crippen LogP contribution in [0.3, 0.4) is 0 Å². The van der Waals surface area contributed by atoms with Gasteiger partial charge in [-0.3, -0.25) is 4.79 Å². The summed E-state index contributed by atoms with van der Waals surface area (Å²) < 4.78 is 1.06. The summed E-state index contributed by atoms with van der Waals surface area (Å²) in [7, 11) is 0. The predicted molar refractivity (Wildman–Crippen MR) is 69.8 cm³/mol. The molecule has 0 spiro atoms. The molecule has 1 aliphatic heterocycles. The van der Waals surface area contributed by atoms with Gasteiger partial charge in [-0.1, -0.05) is 0 Å². The van der Waals surface area contributed by atoms with Crippen LogP contribution >= 0.6 is 27.3 Å². The van der Waals surface area contributed by atoms with Gasteiger partial charge in [0, 0.05) is 40.4 Å². The van der Waals surface area contributed by atoms with E-state index in [9.17, 15) is 4.79 Å². The van der Waals surface area contributed by atoms with Gasteiger partial charge in [0.05, 0.1) is 6.42 Å². The molecule has 2 rings (SSSR count). The molecule has 1 amide bonds. The van der Waals surface area contributed by atoms with Crippen LogP contribution in [0.4, 0.5) is 0 Å². The van der Waals surface area contributed by atoms with Gasteiger partial charge in [-0.15, -0.1) is 11.3 Å². The summed E-state index contributed by atoms with van der Waals surface area (Å²) in [4.78, 5) is 15.1. The summed E-state index contributed by atoms with van der Waals surface area (Å²) in [5.74, 6) is 0.239. The second-order valence-electron chi connectivity index (χ2n) is 4.10. The highest BCUT2D eigenvalue weighted by molar-refractivity contribution is 9.10. The van der Waals surface area contributed by atoms with Crippen molar-refractivity contribution in [2.24, 2.45) is 0 Å². The number of hydrogen-bond acceptors (Lipinski definition) is 3. The molecule has 0 saturated carbocycles. The van der Waals surface area contributed by atoms with Crippen molar-refractivity contribution in [3.63, 3.8) is 0 Å². The minimum Gasteiger partial charge on any atom is -0.340 e. The van der Waals surface area contributed by atoms with E-state index in [1.807, 2.05) is 16.3 Å². The molecule has 0 aliphatic carbocycles. The Bertz CT molecular complexity index is 380. The Labute approximate surface area is 108 Å². The van der Waals surface area contributed by atoms with Gasteiger partial charge in [-0.2, -0.15) is 0 Å². The lowest BCUT2D eigenvalue weighted by molar-refractivity contribution is -0.131. The minimum atomic E-state index is 0.239. The number of thiophene rings is 1. The van der Waals surface area contributed by atoms with E-state index in [1.165, 1.54) is 0 Å². The second-order valence-corrected chi connectivity index (χ2v) is 6.01. The van der Waals surface area contributed by atoms with Crippen molar-refractivity contribution >= 4 is 33.2 Å². The average molecular weight is 303 g/mol. The lowest BCUT2D eigenvalue weighted by Crippen LogP contribution is -2.51. The molecule has 0 bridgehead atoms. The maximum atomic E-state index is 12.0. The van der Waals surface area contributed by atoms with Gasteiger partial charge in [0.2, 0.25) is 5.91 Å². The highest BCUT2D eigenvalue weighted by Crippen LogP contribution is 2.20. The SMILES string of the molecule is CC1CN(C(=O)Cc2cc(Br)cs2)CCN1. The van der Waals surface area contributed by atoms with Gasteiger partial charge in [0.25, 0.3) is 0 Å². The molecule has 2 heterocycles. The molecule has 3 nitrogen and oxygen atoms in total. The normalized spacial score (nSPS) is 21.1. The molecule has 1 N–H and O–H groups in total. The summed E-state index contributed by atoms with van der Waals surface area (Å²) in [5, 5.41) is 5.35. The van der Waals surface area contributed by atoms with Crippen LogP contribution in [0.1, 0.15) is 11.8 Å². The van der Waals surface area contributed by atoms with E-state index in [0.29, 0.717) is 12.5 Å². The summed E-state index contributed by atoms with van der Waals surface area (Å²) in [6.07, 6.45) is 0.531. The van der Waals surface area contributed by atoms with Crippen LogP contribution in [0, 0.1) is 0 Å². The highest BCUT2D eigenvalue weighted by Gasteiger charge is 2.20. The molecule has 5 heteroatoms. The first kappa shape index (κ1) is 12.1. The molecular formula is C11H15BrN2OS. The molecule has 1 aromatic heterocycles. The van der Waals surface area contributed by atoms with E-state index in [0.717, 1.165) is 29.0 Å². The maximum absolute atomic E-state index is 12.0. The van der Waals surface area contributed by atoms with Gasteiger partial charge in [0.15, 0.2) is 0 Å². The summed E-state index contributed by atoms with van der Waals surface area (Å²) in [5.41, 5.74) is 0. The third-order valence-electron chi connectivity index (χ3n) is 2.67. The van der Waals surface area contributed by atoms with Gasteiger partial charge in [-0.05, 0) is 28.9 Å². The largest absolute Gasteiger partial charge is 0.340 e. The summed E-state index contributed by atoms with van der Waals surface area (Å²) in [6.45, 7) is 4.67. The van der Waals surface area contributed by atoms with Crippen LogP contribution in [-0.2, 0) is 11.2 Å². The molecule has 0 radical (unpaired) electrons. The van der Waals surface area contributed by atoms with E-state index in [-0.39, 0.29) is 5.91 Å². The summed E-state index contributed by atoms with van der Waals surface area (Å²) >= 11 is 5.04. The Morgan fingerprint density at radius 1 is 1.75 bits per heavy atom. The van der Waals surface area contributed by atoms with Crippen molar-refractivity contribution in [2.75, 3.05) is 19.6 Å². The van der Waals surface area contributed by atoms with Crippen molar-refractivity contribution in [3.8, 4) is 0 Å². The first-order chi connectivity index (χ1) is 7.65. The highest BCUT2D eigenvalue weighted by atomic mass is 79.9. The number of rotatable bonds is 2. The molecule has 1 aliphatic rings. The van der Waals surface area contributed by atoms with Gasteiger partial charge < -0.3 is 10.2 Å². The van der Waals surface area contributed by atoms with Crippen LogP contribution in [0.25, 0.3) is 0 Å². The van der Waals surface area contributed by atoms with E-state index in [4.69, 9.17) is 0 Å². The van der Waals surface area contributed by atoms with E-state index >= 15 is 0 Å². The van der Waals surface area contributed by atoms with Crippen molar-refractivity contribution in [1.29, 1.82) is 0 Å². The first-order valence-corrected chi connectivity index (χ1v) is 7.06. The molecule has 88 valence electrons. The summed E-state index contributed by atoms with van der Waals surface area (Å²) in [6, 6.07) is 2.43. The standard InChI is InChI=1S/C11H15BrN2OS/c1-8-6-14(3-2-13-8)11(15)5-10-4-9(12)7-16-10/h4,7-8,13H,2-3,5-6H2,1H3. The molecule has 16 heavy (non-hydrogen) atoms. The number of amides is 1. The zero-order chi connectivity index (χ0) is 11.5. The monoisotopic (exact) mass is 302 g/mol. The Kier molecular flexibility index (Phi) is 4.00. The van der Waals surface area contributed by atoms with Crippen molar-refractivity contribution in [2.45, 2.75) is 19.4 Å². The number of hydrogen-bond donors (Lipinski definition) is 1. The fourth-order valence-electron chi connectivity index (χ4n) is 1.87. The smallest absolute Gasteiger partial charge is 0.227 e. The van der Waals surface area contributed by atoms with Crippen molar-refractivity contribution in [3.05, 3.63) is 20.8 Å². The Hall–Kier alpha value is -0.390. The van der Waals surface area contributed by atoms with E-state index in [2.05, 4.69) is 28.2 Å². The minimum absolute atomic E-state index is 0.239. The Morgan fingerprint density at radius 2 is 2.56 bits per heavy atom. The maximum Gasteiger partial charge on any atom is 0.227 e. The van der Waals surface area contributed by atoms with Crippen LogP contribution in [0.5, 0.6) is 0 Å². The quantitative estimate of drug-likeness (QED) is 0.905. The Balaban J connectivity index is 1.92.